The van der Waals surface area contributed by atoms with E-state index in [2.05, 4.69) is 10.3 Å². The van der Waals surface area contributed by atoms with E-state index in [9.17, 15) is 22.3 Å². The van der Waals surface area contributed by atoms with Gasteiger partial charge < -0.3 is 10.4 Å². The van der Waals surface area contributed by atoms with E-state index in [0.717, 1.165) is 6.20 Å². The molecule has 0 fully saturated rings. The molecule has 0 radical (unpaired) electrons. The molecule has 3 rings (SSSR count). The van der Waals surface area contributed by atoms with Crippen LogP contribution in [0.1, 0.15) is 11.1 Å². The summed E-state index contributed by atoms with van der Waals surface area (Å²) in [7, 11) is -2.66. The number of aliphatic hydroxyl groups is 1. The van der Waals surface area contributed by atoms with E-state index in [1.807, 2.05) is 0 Å². The molecular weight excluding hydrogens is 376 g/mol. The molecule has 1 aromatic carbocycles. The van der Waals surface area contributed by atoms with Crippen molar-refractivity contribution in [2.24, 2.45) is 0 Å². The van der Waals surface area contributed by atoms with Crippen molar-refractivity contribution in [2.75, 3.05) is 7.05 Å². The highest BCUT2D eigenvalue weighted by molar-refractivity contribution is 7.90. The highest BCUT2D eigenvalue weighted by Gasteiger charge is 2.28. The van der Waals surface area contributed by atoms with Crippen molar-refractivity contribution >= 4 is 10.0 Å². The lowest BCUT2D eigenvalue weighted by molar-refractivity contribution is 0.281. The van der Waals surface area contributed by atoms with E-state index in [1.165, 1.54) is 36.5 Å². The van der Waals surface area contributed by atoms with E-state index in [4.69, 9.17) is 0 Å². The van der Waals surface area contributed by atoms with Gasteiger partial charge in [-0.1, -0.05) is 12.1 Å². The second kappa shape index (κ2) is 7.55. The van der Waals surface area contributed by atoms with Crippen molar-refractivity contribution in [3.8, 4) is 11.3 Å². The Labute approximate surface area is 155 Å². The number of hydrogen-bond donors (Lipinski definition) is 2. The van der Waals surface area contributed by atoms with E-state index >= 15 is 0 Å². The summed E-state index contributed by atoms with van der Waals surface area (Å²) in [5.74, 6) is -1.83. The monoisotopic (exact) mass is 393 g/mol. The van der Waals surface area contributed by atoms with E-state index in [0.29, 0.717) is 9.54 Å². The van der Waals surface area contributed by atoms with Crippen molar-refractivity contribution in [3.05, 3.63) is 71.7 Å². The van der Waals surface area contributed by atoms with E-state index in [-0.39, 0.29) is 29.2 Å². The molecule has 0 atom stereocenters. The average molecular weight is 393 g/mol. The summed E-state index contributed by atoms with van der Waals surface area (Å²) >= 11 is 0. The molecule has 0 saturated heterocycles. The fourth-order valence-corrected chi connectivity index (χ4v) is 4.20. The minimum absolute atomic E-state index is 0.0555. The third-order valence-electron chi connectivity index (χ3n) is 4.00. The fourth-order valence-electron chi connectivity index (χ4n) is 2.73. The molecule has 0 spiro atoms. The van der Waals surface area contributed by atoms with Gasteiger partial charge in [-0.15, -0.1) is 0 Å². The Balaban J connectivity index is 2.28. The maximum absolute atomic E-state index is 15.0. The molecule has 2 N–H and O–H groups in total. The Morgan fingerprint density at radius 2 is 2.00 bits per heavy atom. The first-order valence-electron chi connectivity index (χ1n) is 8.00. The van der Waals surface area contributed by atoms with Crippen LogP contribution >= 0.6 is 0 Å². The summed E-state index contributed by atoms with van der Waals surface area (Å²) < 4.78 is 56.2. The lowest BCUT2D eigenvalue weighted by atomic mass is 10.2. The van der Waals surface area contributed by atoms with Crippen molar-refractivity contribution in [3.63, 3.8) is 0 Å². The molecule has 142 valence electrons. The normalized spacial score (nSPS) is 11.7. The molecule has 2 aromatic heterocycles. The second-order valence-electron chi connectivity index (χ2n) is 5.80. The fraction of sp³-hybridized carbons (Fsp3) is 0.167. The third-order valence-corrected chi connectivity index (χ3v) is 5.66. The van der Waals surface area contributed by atoms with Gasteiger partial charge in [0.15, 0.2) is 5.82 Å². The van der Waals surface area contributed by atoms with Crippen LogP contribution in [0.25, 0.3) is 11.3 Å². The van der Waals surface area contributed by atoms with E-state index in [1.54, 1.807) is 13.1 Å². The van der Waals surface area contributed by atoms with Gasteiger partial charge in [0.05, 0.1) is 17.1 Å². The topological polar surface area (TPSA) is 84.2 Å². The first-order valence-corrected chi connectivity index (χ1v) is 9.44. The zero-order valence-electron chi connectivity index (χ0n) is 14.4. The molecule has 9 heteroatoms. The number of halogens is 2. The van der Waals surface area contributed by atoms with Gasteiger partial charge in [-0.05, 0) is 36.9 Å². The van der Waals surface area contributed by atoms with Crippen molar-refractivity contribution in [1.29, 1.82) is 0 Å². The molecule has 0 bridgehead atoms. The van der Waals surface area contributed by atoms with Gasteiger partial charge >= 0.3 is 0 Å². The summed E-state index contributed by atoms with van der Waals surface area (Å²) in [4.78, 5) is 3.34. The zero-order chi connectivity index (χ0) is 19.6. The van der Waals surface area contributed by atoms with Crippen molar-refractivity contribution in [2.45, 2.75) is 18.0 Å². The van der Waals surface area contributed by atoms with Gasteiger partial charge in [-0.25, -0.2) is 21.8 Å². The van der Waals surface area contributed by atoms with Gasteiger partial charge in [0.1, 0.15) is 5.69 Å². The lowest BCUT2D eigenvalue weighted by Gasteiger charge is -2.11. The minimum atomic E-state index is -4.24. The molecule has 0 amide bonds. The number of aliphatic hydroxyl groups excluding tert-OH is 1. The Bertz CT molecular complexity index is 1080. The van der Waals surface area contributed by atoms with Crippen LogP contribution in [0, 0.1) is 11.8 Å². The number of pyridine rings is 1. The van der Waals surface area contributed by atoms with Crippen LogP contribution in [0.3, 0.4) is 0 Å². The quantitative estimate of drug-likeness (QED) is 0.628. The minimum Gasteiger partial charge on any atom is -0.392 e. The number of nitrogens with zero attached hydrogens (tertiary/aromatic N) is 2. The highest BCUT2D eigenvalue weighted by atomic mass is 32.2. The molecular formula is C18H17F2N3O3S. The third kappa shape index (κ3) is 3.48. The zero-order valence-corrected chi connectivity index (χ0v) is 15.2. The Morgan fingerprint density at radius 1 is 1.22 bits per heavy atom. The summed E-state index contributed by atoms with van der Waals surface area (Å²) in [6, 6.07) is 8.30. The Kier molecular flexibility index (Phi) is 5.36. The average Bonchev–Trinajstić information content (AvgIpc) is 3.00. The van der Waals surface area contributed by atoms with Gasteiger partial charge in [-0.2, -0.15) is 4.39 Å². The predicted molar refractivity (Wildman–Crippen MR) is 95.3 cm³/mol. The molecule has 27 heavy (non-hydrogen) atoms. The standard InChI is InChI=1S/C18H17F2N3O3S/c1-21-9-13-10-23(17(16(13)19)15-6-3-7-22-18(15)20)27(25,26)14-5-2-4-12(8-14)11-24/h2-8,10,21,24H,9,11H2,1H3. The van der Waals surface area contributed by atoms with Gasteiger partial charge in [-0.3, -0.25) is 0 Å². The van der Waals surface area contributed by atoms with Crippen LogP contribution in [-0.4, -0.2) is 29.5 Å². The molecule has 0 unspecified atom stereocenters. The largest absolute Gasteiger partial charge is 0.392 e. The van der Waals surface area contributed by atoms with Crippen LogP contribution in [-0.2, 0) is 23.2 Å². The number of aromatic nitrogens is 2. The lowest BCUT2D eigenvalue weighted by Crippen LogP contribution is -2.14. The summed E-state index contributed by atoms with van der Waals surface area (Å²) in [5.41, 5.74) is -0.245. The van der Waals surface area contributed by atoms with Gasteiger partial charge in [0.25, 0.3) is 10.0 Å². The molecule has 3 aromatic rings. The van der Waals surface area contributed by atoms with Crippen LogP contribution < -0.4 is 5.32 Å². The molecule has 2 heterocycles. The van der Waals surface area contributed by atoms with Crippen molar-refractivity contribution in [1.82, 2.24) is 14.3 Å². The van der Waals surface area contributed by atoms with Gasteiger partial charge in [0, 0.05) is 24.5 Å². The maximum atomic E-state index is 15.0. The molecule has 6 nitrogen and oxygen atoms in total. The maximum Gasteiger partial charge on any atom is 0.268 e. The second-order valence-corrected chi connectivity index (χ2v) is 7.61. The smallest absolute Gasteiger partial charge is 0.268 e. The predicted octanol–water partition coefficient (Wildman–Crippen LogP) is 2.28. The summed E-state index contributed by atoms with van der Waals surface area (Å²) in [6.07, 6.45) is 2.31. The number of benzene rings is 1. The number of rotatable bonds is 6. The van der Waals surface area contributed by atoms with E-state index < -0.39 is 27.5 Å². The highest BCUT2D eigenvalue weighted by Crippen LogP contribution is 2.32. The Morgan fingerprint density at radius 3 is 2.67 bits per heavy atom. The number of hydrogen-bond acceptors (Lipinski definition) is 5. The molecule has 0 aliphatic carbocycles. The molecule has 0 aliphatic heterocycles. The van der Waals surface area contributed by atoms with Crippen molar-refractivity contribution < 1.29 is 22.3 Å². The van der Waals surface area contributed by atoms with Crippen LogP contribution in [0.2, 0.25) is 0 Å². The van der Waals surface area contributed by atoms with Crippen LogP contribution in [0.4, 0.5) is 8.78 Å². The van der Waals surface area contributed by atoms with Gasteiger partial charge in [0.2, 0.25) is 5.95 Å². The summed E-state index contributed by atoms with van der Waals surface area (Å²) in [6.45, 7) is -0.293. The Hall–Kier alpha value is -2.62. The molecule has 0 aliphatic rings. The molecule has 0 saturated carbocycles. The van der Waals surface area contributed by atoms with Crippen LogP contribution in [0.5, 0.6) is 0 Å². The SMILES string of the molecule is CNCc1cn(S(=O)(=O)c2cccc(CO)c2)c(-c2cccnc2F)c1F. The first-order chi connectivity index (χ1) is 12.9. The van der Waals surface area contributed by atoms with Crippen LogP contribution in [0.15, 0.2) is 53.7 Å². The first kappa shape index (κ1) is 19.2. The summed E-state index contributed by atoms with van der Waals surface area (Å²) in [5, 5.41) is 12.0. The number of nitrogens with one attached hydrogen (secondary N) is 1.